The van der Waals surface area contributed by atoms with Crippen molar-refractivity contribution in [3.8, 4) is 5.75 Å². The lowest BCUT2D eigenvalue weighted by molar-refractivity contribution is 0.408. The summed E-state index contributed by atoms with van der Waals surface area (Å²) in [6.07, 6.45) is 2.42. The Morgan fingerprint density at radius 1 is 1.44 bits per heavy atom. The molecule has 0 aromatic heterocycles. The second kappa shape index (κ2) is 4.37. The van der Waals surface area contributed by atoms with E-state index in [0.717, 1.165) is 6.54 Å². The highest BCUT2D eigenvalue weighted by Gasteiger charge is 2.23. The lowest BCUT2D eigenvalue weighted by Gasteiger charge is -2.15. The highest BCUT2D eigenvalue weighted by molar-refractivity contribution is 5.36. The van der Waals surface area contributed by atoms with Crippen LogP contribution in [0.3, 0.4) is 0 Å². The zero-order valence-corrected chi connectivity index (χ0v) is 9.13. The standard InChI is InChI=1S/C12H15F2NO/c1-7(15-6-8-2-3-8)10-4-9(13)5-11(14)12(10)16/h4-5,7-8,15-16H,2-3,6H2,1H3. The minimum absolute atomic E-state index is 0.245. The number of rotatable bonds is 4. The Labute approximate surface area is 93.3 Å². The largest absolute Gasteiger partial charge is 0.505 e. The van der Waals surface area contributed by atoms with E-state index in [1.165, 1.54) is 18.9 Å². The second-order valence-electron chi connectivity index (χ2n) is 4.40. The maximum absolute atomic E-state index is 13.1. The number of phenols is 1. The van der Waals surface area contributed by atoms with Gasteiger partial charge < -0.3 is 10.4 Å². The fourth-order valence-corrected chi connectivity index (χ4v) is 1.69. The van der Waals surface area contributed by atoms with Gasteiger partial charge >= 0.3 is 0 Å². The lowest BCUT2D eigenvalue weighted by Crippen LogP contribution is -2.21. The van der Waals surface area contributed by atoms with Gasteiger partial charge in [0.05, 0.1) is 0 Å². The van der Waals surface area contributed by atoms with Crippen LogP contribution in [0.2, 0.25) is 0 Å². The first-order valence-corrected chi connectivity index (χ1v) is 5.49. The normalized spacial score (nSPS) is 17.4. The molecule has 4 heteroatoms. The van der Waals surface area contributed by atoms with Gasteiger partial charge in [0.2, 0.25) is 0 Å². The molecule has 2 nitrogen and oxygen atoms in total. The molecule has 1 fully saturated rings. The van der Waals surface area contributed by atoms with Crippen molar-refractivity contribution in [1.82, 2.24) is 5.32 Å². The van der Waals surface area contributed by atoms with Crippen LogP contribution in [0, 0.1) is 17.6 Å². The van der Waals surface area contributed by atoms with E-state index in [-0.39, 0.29) is 11.6 Å². The van der Waals surface area contributed by atoms with Gasteiger partial charge in [0.25, 0.3) is 0 Å². The van der Waals surface area contributed by atoms with E-state index in [2.05, 4.69) is 5.32 Å². The minimum atomic E-state index is -0.907. The molecule has 16 heavy (non-hydrogen) atoms. The van der Waals surface area contributed by atoms with E-state index in [0.29, 0.717) is 12.0 Å². The number of nitrogens with one attached hydrogen (secondary N) is 1. The van der Waals surface area contributed by atoms with Gasteiger partial charge in [-0.05, 0) is 38.3 Å². The van der Waals surface area contributed by atoms with Crippen LogP contribution in [0.5, 0.6) is 5.75 Å². The first-order chi connectivity index (χ1) is 7.58. The maximum atomic E-state index is 13.1. The van der Waals surface area contributed by atoms with Crippen LogP contribution in [0.1, 0.15) is 31.4 Å². The Bertz CT molecular complexity index is 391. The van der Waals surface area contributed by atoms with Crippen LogP contribution in [0.15, 0.2) is 12.1 Å². The Kier molecular flexibility index (Phi) is 3.10. The molecule has 0 bridgehead atoms. The molecule has 0 saturated heterocycles. The summed E-state index contributed by atoms with van der Waals surface area (Å²) in [7, 11) is 0. The number of hydrogen-bond acceptors (Lipinski definition) is 2. The molecule has 2 rings (SSSR count). The van der Waals surface area contributed by atoms with Gasteiger partial charge in [0.15, 0.2) is 11.6 Å². The number of hydrogen-bond donors (Lipinski definition) is 2. The molecule has 0 aliphatic heterocycles. The first-order valence-electron chi connectivity index (χ1n) is 5.49. The molecule has 1 atom stereocenters. The van der Waals surface area contributed by atoms with Crippen molar-refractivity contribution in [3.63, 3.8) is 0 Å². The van der Waals surface area contributed by atoms with Gasteiger partial charge in [-0.25, -0.2) is 8.78 Å². The average molecular weight is 227 g/mol. The van der Waals surface area contributed by atoms with E-state index in [1.807, 2.05) is 0 Å². The third kappa shape index (κ3) is 2.50. The van der Waals surface area contributed by atoms with Crippen LogP contribution >= 0.6 is 0 Å². The van der Waals surface area contributed by atoms with Crippen LogP contribution in [0.25, 0.3) is 0 Å². The maximum Gasteiger partial charge on any atom is 0.168 e. The summed E-state index contributed by atoms with van der Waals surface area (Å²) in [4.78, 5) is 0. The van der Waals surface area contributed by atoms with Gasteiger partial charge in [-0.1, -0.05) is 0 Å². The second-order valence-corrected chi connectivity index (χ2v) is 4.40. The van der Waals surface area contributed by atoms with Gasteiger partial charge in [-0.2, -0.15) is 0 Å². The average Bonchev–Trinajstić information content (AvgIpc) is 3.03. The smallest absolute Gasteiger partial charge is 0.168 e. The Morgan fingerprint density at radius 2 is 2.12 bits per heavy atom. The Hall–Kier alpha value is -1.16. The molecule has 1 aliphatic carbocycles. The number of phenolic OH excluding ortho intramolecular Hbond substituents is 1. The zero-order chi connectivity index (χ0) is 11.7. The molecule has 1 aromatic rings. The van der Waals surface area contributed by atoms with Crippen LogP contribution < -0.4 is 5.32 Å². The third-order valence-corrected chi connectivity index (χ3v) is 2.93. The highest BCUT2D eigenvalue weighted by atomic mass is 19.1. The first kappa shape index (κ1) is 11.3. The number of aromatic hydroxyl groups is 1. The molecular weight excluding hydrogens is 212 g/mol. The van der Waals surface area contributed by atoms with Gasteiger partial charge in [0.1, 0.15) is 5.82 Å². The molecule has 1 saturated carbocycles. The van der Waals surface area contributed by atoms with Crippen molar-refractivity contribution in [2.24, 2.45) is 5.92 Å². The minimum Gasteiger partial charge on any atom is -0.505 e. The molecule has 0 spiro atoms. The highest BCUT2D eigenvalue weighted by Crippen LogP contribution is 2.31. The summed E-state index contributed by atoms with van der Waals surface area (Å²) in [5.74, 6) is -1.35. The van der Waals surface area contributed by atoms with Crippen molar-refractivity contribution in [3.05, 3.63) is 29.3 Å². The number of halogens is 2. The summed E-state index contributed by atoms with van der Waals surface area (Å²) < 4.78 is 26.1. The summed E-state index contributed by atoms with van der Waals surface area (Å²) in [6, 6.07) is 1.61. The Morgan fingerprint density at radius 3 is 2.75 bits per heavy atom. The predicted octanol–water partition coefficient (Wildman–Crippen LogP) is 2.73. The summed E-state index contributed by atoms with van der Waals surface area (Å²) >= 11 is 0. The van der Waals surface area contributed by atoms with Crippen molar-refractivity contribution < 1.29 is 13.9 Å². The van der Waals surface area contributed by atoms with E-state index in [1.54, 1.807) is 6.92 Å². The molecule has 1 aromatic carbocycles. The van der Waals surface area contributed by atoms with Crippen LogP contribution in [-0.4, -0.2) is 11.7 Å². The molecule has 88 valence electrons. The molecular formula is C12H15F2NO. The molecule has 0 amide bonds. The van der Waals surface area contributed by atoms with Crippen molar-refractivity contribution in [2.45, 2.75) is 25.8 Å². The van der Waals surface area contributed by atoms with Crippen molar-refractivity contribution >= 4 is 0 Å². The van der Waals surface area contributed by atoms with Gasteiger partial charge in [0, 0.05) is 17.7 Å². The van der Waals surface area contributed by atoms with E-state index < -0.39 is 17.4 Å². The monoisotopic (exact) mass is 227 g/mol. The summed E-state index contributed by atoms with van der Waals surface area (Å²) in [5.41, 5.74) is 0.276. The SMILES string of the molecule is CC(NCC1CC1)c1cc(F)cc(F)c1O. The van der Waals surface area contributed by atoms with E-state index in [9.17, 15) is 13.9 Å². The topological polar surface area (TPSA) is 32.3 Å². The third-order valence-electron chi connectivity index (χ3n) is 2.93. The lowest BCUT2D eigenvalue weighted by atomic mass is 10.1. The van der Waals surface area contributed by atoms with Crippen molar-refractivity contribution in [1.29, 1.82) is 0 Å². The quantitative estimate of drug-likeness (QED) is 0.829. The molecule has 1 unspecified atom stereocenters. The summed E-state index contributed by atoms with van der Waals surface area (Å²) in [6.45, 7) is 2.62. The predicted molar refractivity (Wildman–Crippen MR) is 57.2 cm³/mol. The Balaban J connectivity index is 2.10. The zero-order valence-electron chi connectivity index (χ0n) is 9.13. The summed E-state index contributed by atoms with van der Waals surface area (Å²) in [5, 5.41) is 12.7. The fourth-order valence-electron chi connectivity index (χ4n) is 1.69. The van der Waals surface area contributed by atoms with Crippen molar-refractivity contribution in [2.75, 3.05) is 6.54 Å². The van der Waals surface area contributed by atoms with Crippen LogP contribution in [-0.2, 0) is 0 Å². The molecule has 2 N–H and O–H groups in total. The van der Waals surface area contributed by atoms with Gasteiger partial charge in [-0.3, -0.25) is 0 Å². The molecule has 0 radical (unpaired) electrons. The molecule has 1 aliphatic rings. The van der Waals surface area contributed by atoms with Crippen LogP contribution in [0.4, 0.5) is 8.78 Å². The fraction of sp³-hybridized carbons (Fsp3) is 0.500. The van der Waals surface area contributed by atoms with E-state index >= 15 is 0 Å². The molecule has 0 heterocycles. The van der Waals surface area contributed by atoms with E-state index in [4.69, 9.17) is 0 Å². The number of benzene rings is 1. The van der Waals surface area contributed by atoms with Gasteiger partial charge in [-0.15, -0.1) is 0 Å².